The predicted octanol–water partition coefficient (Wildman–Crippen LogP) is 4.03. The Kier molecular flexibility index (Phi) is 3.55. The Labute approximate surface area is 126 Å². The van der Waals surface area contributed by atoms with Gasteiger partial charge in [-0.3, -0.25) is 4.79 Å². The van der Waals surface area contributed by atoms with E-state index in [1.807, 2.05) is 42.5 Å². The molecule has 2 atom stereocenters. The number of carbonyl (C=O) groups is 1. The van der Waals surface area contributed by atoms with Crippen LogP contribution < -0.4 is 5.32 Å². The molecule has 1 fully saturated rings. The lowest BCUT2D eigenvalue weighted by atomic mass is 10.1. The molecule has 1 N–H and O–H groups in total. The summed E-state index contributed by atoms with van der Waals surface area (Å²) in [5.74, 6) is 0.654. The first kappa shape index (κ1) is 12.7. The molecular formula is C16H14INO. The number of carbonyl (C=O) groups excluding carboxylic acids is 1. The summed E-state index contributed by atoms with van der Waals surface area (Å²) in [5.41, 5.74) is 2.15. The zero-order chi connectivity index (χ0) is 13.2. The van der Waals surface area contributed by atoms with Crippen LogP contribution in [0.25, 0.3) is 0 Å². The van der Waals surface area contributed by atoms with Gasteiger partial charge in [-0.1, -0.05) is 30.3 Å². The molecule has 1 amide bonds. The van der Waals surface area contributed by atoms with Crippen LogP contribution in [0.5, 0.6) is 0 Å². The number of anilines is 1. The minimum Gasteiger partial charge on any atom is -0.326 e. The normalized spacial score (nSPS) is 20.9. The fourth-order valence-electron chi connectivity index (χ4n) is 2.32. The summed E-state index contributed by atoms with van der Waals surface area (Å²) in [6.07, 6.45) is 0.959. The van der Waals surface area contributed by atoms with Crippen LogP contribution in [0.3, 0.4) is 0 Å². The number of hydrogen-bond donors (Lipinski definition) is 1. The maximum atomic E-state index is 12.1. The van der Waals surface area contributed by atoms with Crippen LogP contribution in [0.15, 0.2) is 54.6 Å². The molecule has 0 aliphatic heterocycles. The second kappa shape index (κ2) is 5.33. The molecule has 3 heteroatoms. The highest BCUT2D eigenvalue weighted by molar-refractivity contribution is 14.1. The van der Waals surface area contributed by atoms with E-state index in [0.717, 1.165) is 12.1 Å². The van der Waals surface area contributed by atoms with E-state index in [9.17, 15) is 4.79 Å². The van der Waals surface area contributed by atoms with Crippen molar-refractivity contribution in [2.45, 2.75) is 12.3 Å². The number of nitrogens with one attached hydrogen (secondary N) is 1. The van der Waals surface area contributed by atoms with Gasteiger partial charge in [-0.25, -0.2) is 0 Å². The van der Waals surface area contributed by atoms with Crippen molar-refractivity contribution in [3.8, 4) is 0 Å². The summed E-state index contributed by atoms with van der Waals surface area (Å²) in [6, 6.07) is 18.1. The zero-order valence-corrected chi connectivity index (χ0v) is 12.5. The maximum absolute atomic E-state index is 12.1. The fourth-order valence-corrected chi connectivity index (χ4v) is 2.68. The van der Waals surface area contributed by atoms with Gasteiger partial charge < -0.3 is 5.32 Å². The van der Waals surface area contributed by atoms with Crippen molar-refractivity contribution >= 4 is 34.2 Å². The predicted molar refractivity (Wildman–Crippen MR) is 85.1 cm³/mol. The van der Waals surface area contributed by atoms with Gasteiger partial charge in [-0.15, -0.1) is 0 Å². The third kappa shape index (κ3) is 2.97. The quantitative estimate of drug-likeness (QED) is 0.820. The van der Waals surface area contributed by atoms with Crippen molar-refractivity contribution in [2.75, 3.05) is 5.32 Å². The summed E-state index contributed by atoms with van der Waals surface area (Å²) < 4.78 is 1.17. The van der Waals surface area contributed by atoms with E-state index in [0.29, 0.717) is 5.92 Å². The highest BCUT2D eigenvalue weighted by Gasteiger charge is 2.43. The maximum Gasteiger partial charge on any atom is 0.228 e. The van der Waals surface area contributed by atoms with Gasteiger partial charge in [0.05, 0.1) is 0 Å². The van der Waals surface area contributed by atoms with Gasteiger partial charge in [0, 0.05) is 15.2 Å². The second-order valence-corrected chi connectivity index (χ2v) is 6.10. The van der Waals surface area contributed by atoms with Crippen LogP contribution in [0.2, 0.25) is 0 Å². The highest BCUT2D eigenvalue weighted by atomic mass is 127. The number of benzene rings is 2. The molecule has 2 aromatic rings. The van der Waals surface area contributed by atoms with Crippen molar-refractivity contribution in [2.24, 2.45) is 5.92 Å². The molecule has 96 valence electrons. The Hall–Kier alpha value is -1.36. The van der Waals surface area contributed by atoms with Gasteiger partial charge in [-0.05, 0) is 64.8 Å². The van der Waals surface area contributed by atoms with Crippen LogP contribution in [-0.2, 0) is 4.79 Å². The average Bonchev–Trinajstić information content (AvgIpc) is 3.23. The van der Waals surface area contributed by atoms with Crippen molar-refractivity contribution in [1.29, 1.82) is 0 Å². The second-order valence-electron chi connectivity index (χ2n) is 4.86. The molecule has 0 heterocycles. The topological polar surface area (TPSA) is 29.1 Å². The Balaban J connectivity index is 1.63. The Morgan fingerprint density at radius 3 is 2.42 bits per heavy atom. The average molecular weight is 363 g/mol. The first-order valence-electron chi connectivity index (χ1n) is 6.35. The van der Waals surface area contributed by atoms with Gasteiger partial charge in [-0.2, -0.15) is 0 Å². The fraction of sp³-hybridized carbons (Fsp3) is 0.188. The number of rotatable bonds is 3. The first-order chi connectivity index (χ1) is 9.24. The molecule has 1 aliphatic rings. The number of amides is 1. The summed E-state index contributed by atoms with van der Waals surface area (Å²) in [7, 11) is 0. The molecule has 0 aromatic heterocycles. The highest BCUT2D eigenvalue weighted by Crippen LogP contribution is 2.47. The summed E-state index contributed by atoms with van der Waals surface area (Å²) >= 11 is 2.25. The van der Waals surface area contributed by atoms with Crippen LogP contribution in [0.1, 0.15) is 17.9 Å². The largest absolute Gasteiger partial charge is 0.326 e. The van der Waals surface area contributed by atoms with Crippen LogP contribution in [-0.4, -0.2) is 5.91 Å². The van der Waals surface area contributed by atoms with E-state index >= 15 is 0 Å². The van der Waals surface area contributed by atoms with E-state index in [1.165, 1.54) is 9.13 Å². The van der Waals surface area contributed by atoms with Crippen molar-refractivity contribution in [3.63, 3.8) is 0 Å². The molecule has 2 aromatic carbocycles. The lowest BCUT2D eigenvalue weighted by Gasteiger charge is -2.05. The van der Waals surface area contributed by atoms with Gasteiger partial charge in [0.2, 0.25) is 5.91 Å². The van der Waals surface area contributed by atoms with E-state index < -0.39 is 0 Å². The molecule has 0 radical (unpaired) electrons. The minimum absolute atomic E-state index is 0.127. The van der Waals surface area contributed by atoms with Gasteiger partial charge >= 0.3 is 0 Å². The molecule has 1 aliphatic carbocycles. The monoisotopic (exact) mass is 363 g/mol. The lowest BCUT2D eigenvalue weighted by Crippen LogP contribution is -2.14. The van der Waals surface area contributed by atoms with E-state index in [1.54, 1.807) is 0 Å². The molecule has 19 heavy (non-hydrogen) atoms. The smallest absolute Gasteiger partial charge is 0.228 e. The summed E-state index contributed by atoms with van der Waals surface area (Å²) in [6.45, 7) is 0. The first-order valence-corrected chi connectivity index (χ1v) is 7.43. The van der Waals surface area contributed by atoms with E-state index in [2.05, 4.69) is 40.0 Å². The van der Waals surface area contributed by atoms with Gasteiger partial charge in [0.25, 0.3) is 0 Å². The molecule has 0 spiro atoms. The van der Waals surface area contributed by atoms with Gasteiger partial charge in [0.1, 0.15) is 0 Å². The Morgan fingerprint density at radius 1 is 1.05 bits per heavy atom. The Bertz CT molecular complexity index is 579. The van der Waals surface area contributed by atoms with Gasteiger partial charge in [0.15, 0.2) is 0 Å². The van der Waals surface area contributed by atoms with E-state index in [4.69, 9.17) is 0 Å². The molecule has 2 nitrogen and oxygen atoms in total. The molecule has 0 bridgehead atoms. The van der Waals surface area contributed by atoms with Crippen LogP contribution >= 0.6 is 22.6 Å². The Morgan fingerprint density at radius 2 is 1.74 bits per heavy atom. The molecule has 1 saturated carbocycles. The zero-order valence-electron chi connectivity index (χ0n) is 10.3. The molecule has 3 rings (SSSR count). The summed E-state index contributed by atoms with van der Waals surface area (Å²) in [4.78, 5) is 12.1. The summed E-state index contributed by atoms with van der Waals surface area (Å²) in [5, 5.41) is 2.99. The molecule has 2 unspecified atom stereocenters. The lowest BCUT2D eigenvalue weighted by molar-refractivity contribution is -0.117. The number of hydrogen-bond acceptors (Lipinski definition) is 1. The minimum atomic E-state index is 0.127. The van der Waals surface area contributed by atoms with E-state index in [-0.39, 0.29) is 11.8 Å². The van der Waals surface area contributed by atoms with Crippen molar-refractivity contribution in [1.82, 2.24) is 0 Å². The number of halogens is 1. The van der Waals surface area contributed by atoms with Crippen molar-refractivity contribution < 1.29 is 4.79 Å². The SMILES string of the molecule is O=C(Nc1ccc(I)cc1)C1CC1c1ccccc1. The molecular weight excluding hydrogens is 349 g/mol. The molecule has 0 saturated heterocycles. The third-order valence-electron chi connectivity index (χ3n) is 3.47. The van der Waals surface area contributed by atoms with Crippen LogP contribution in [0, 0.1) is 9.49 Å². The van der Waals surface area contributed by atoms with Crippen LogP contribution in [0.4, 0.5) is 5.69 Å². The van der Waals surface area contributed by atoms with Crippen molar-refractivity contribution in [3.05, 3.63) is 63.7 Å². The standard InChI is InChI=1S/C16H14INO/c17-12-6-8-13(9-7-12)18-16(19)15-10-14(15)11-4-2-1-3-5-11/h1-9,14-15H,10H2,(H,18,19). The third-order valence-corrected chi connectivity index (χ3v) is 4.19.